The number of amides is 2. The first-order valence-electron chi connectivity index (χ1n) is 7.84. The van der Waals surface area contributed by atoms with Gasteiger partial charge in [0.1, 0.15) is 11.3 Å². The van der Waals surface area contributed by atoms with Crippen LogP contribution in [0.25, 0.3) is 11.0 Å². The van der Waals surface area contributed by atoms with Crippen molar-refractivity contribution < 1.29 is 14.3 Å². The van der Waals surface area contributed by atoms with Crippen molar-refractivity contribution in [3.8, 4) is 0 Å². The molecule has 5 heteroatoms. The second kappa shape index (κ2) is 5.02. The molecule has 2 bridgehead atoms. The van der Waals surface area contributed by atoms with E-state index in [9.17, 15) is 9.90 Å². The lowest BCUT2D eigenvalue weighted by atomic mass is 9.95. The molecule has 1 aliphatic carbocycles. The topological polar surface area (TPSA) is 65.7 Å². The maximum absolute atomic E-state index is 12.4. The number of rotatable bonds is 1. The molecule has 2 amide bonds. The lowest BCUT2D eigenvalue weighted by Crippen LogP contribution is -2.48. The molecule has 4 rings (SSSR count). The molecule has 2 aliphatic rings. The lowest BCUT2D eigenvalue weighted by molar-refractivity contribution is 0.0326. The summed E-state index contributed by atoms with van der Waals surface area (Å²) in [5.74, 6) is 1.34. The second-order valence-electron chi connectivity index (χ2n) is 6.53. The minimum Gasteiger partial charge on any atom is -0.461 e. The van der Waals surface area contributed by atoms with Gasteiger partial charge in [0.25, 0.3) is 0 Å². The summed E-state index contributed by atoms with van der Waals surface area (Å²) in [4.78, 5) is 14.3. The Hall–Kier alpha value is -2.01. The van der Waals surface area contributed by atoms with E-state index in [-0.39, 0.29) is 24.0 Å². The fourth-order valence-corrected chi connectivity index (χ4v) is 3.82. The number of piperidine rings is 1. The van der Waals surface area contributed by atoms with Crippen molar-refractivity contribution in [1.29, 1.82) is 0 Å². The van der Waals surface area contributed by atoms with Crippen LogP contribution in [-0.2, 0) is 0 Å². The first kappa shape index (κ1) is 13.6. The molecule has 1 aromatic heterocycles. The quantitative estimate of drug-likeness (QED) is 0.851. The van der Waals surface area contributed by atoms with Crippen molar-refractivity contribution in [1.82, 2.24) is 4.90 Å². The van der Waals surface area contributed by atoms with Crippen molar-refractivity contribution in [3.05, 3.63) is 30.0 Å². The van der Waals surface area contributed by atoms with E-state index in [1.54, 1.807) is 0 Å². The summed E-state index contributed by atoms with van der Waals surface area (Å²) in [6, 6.07) is 7.54. The Morgan fingerprint density at radius 3 is 2.73 bits per heavy atom. The van der Waals surface area contributed by atoms with E-state index < -0.39 is 0 Å². The molecule has 0 radical (unpaired) electrons. The van der Waals surface area contributed by atoms with E-state index in [1.165, 1.54) is 0 Å². The first-order valence-corrected chi connectivity index (χ1v) is 7.84. The molecule has 2 N–H and O–H groups in total. The smallest absolute Gasteiger partial charge is 0.321 e. The van der Waals surface area contributed by atoms with Gasteiger partial charge >= 0.3 is 6.03 Å². The third kappa shape index (κ3) is 2.25. The SMILES string of the molecule is Cc1cc2cc(NC(=O)N3C[C@H]4CC[C@@H](C3)C4O)ccc2o1. The molecule has 1 aromatic carbocycles. The van der Waals surface area contributed by atoms with Gasteiger partial charge in [-0.3, -0.25) is 0 Å². The predicted molar refractivity (Wildman–Crippen MR) is 83.8 cm³/mol. The molecule has 2 heterocycles. The van der Waals surface area contributed by atoms with Crippen LogP contribution in [0.5, 0.6) is 0 Å². The molecule has 0 spiro atoms. The third-order valence-electron chi connectivity index (χ3n) is 4.96. The minimum absolute atomic E-state index is 0.0802. The number of furan rings is 1. The number of nitrogens with one attached hydrogen (secondary N) is 1. The molecule has 2 aromatic rings. The number of anilines is 1. The van der Waals surface area contributed by atoms with E-state index >= 15 is 0 Å². The fraction of sp³-hybridized carbons (Fsp3) is 0.471. The maximum atomic E-state index is 12.4. The Labute approximate surface area is 128 Å². The summed E-state index contributed by atoms with van der Waals surface area (Å²) in [5.41, 5.74) is 1.60. The Morgan fingerprint density at radius 1 is 1.27 bits per heavy atom. The van der Waals surface area contributed by atoms with E-state index in [0.29, 0.717) is 13.1 Å². The van der Waals surface area contributed by atoms with Crippen LogP contribution in [-0.4, -0.2) is 35.2 Å². The number of nitrogens with zero attached hydrogens (tertiary/aromatic N) is 1. The Bertz CT molecular complexity index is 710. The highest BCUT2D eigenvalue weighted by Gasteiger charge is 2.42. The van der Waals surface area contributed by atoms with Crippen molar-refractivity contribution in [2.24, 2.45) is 11.8 Å². The summed E-state index contributed by atoms with van der Waals surface area (Å²) < 4.78 is 5.54. The Kier molecular flexibility index (Phi) is 3.11. The average molecular weight is 300 g/mol. The fourth-order valence-electron chi connectivity index (χ4n) is 3.82. The number of aliphatic hydroxyl groups is 1. The van der Waals surface area contributed by atoms with Gasteiger partial charge < -0.3 is 19.7 Å². The van der Waals surface area contributed by atoms with Crippen LogP contribution in [0.4, 0.5) is 10.5 Å². The maximum Gasteiger partial charge on any atom is 0.321 e. The number of likely N-dealkylation sites (tertiary alicyclic amines) is 1. The molecule has 5 nitrogen and oxygen atoms in total. The van der Waals surface area contributed by atoms with Gasteiger partial charge in [-0.1, -0.05) is 0 Å². The summed E-state index contributed by atoms with van der Waals surface area (Å²) in [6.07, 6.45) is 1.82. The molecule has 1 saturated carbocycles. The number of benzene rings is 1. The number of aliphatic hydroxyl groups excluding tert-OH is 1. The van der Waals surface area contributed by atoms with Gasteiger partial charge in [-0.2, -0.15) is 0 Å². The molecular formula is C17H20N2O3. The van der Waals surface area contributed by atoms with Gasteiger partial charge in [0.2, 0.25) is 0 Å². The van der Waals surface area contributed by atoms with Crippen LogP contribution in [0.15, 0.2) is 28.7 Å². The normalized spacial score (nSPS) is 27.4. The van der Waals surface area contributed by atoms with Gasteiger partial charge in [0, 0.05) is 36.0 Å². The summed E-state index contributed by atoms with van der Waals surface area (Å²) in [5, 5.41) is 14.0. The zero-order chi connectivity index (χ0) is 15.3. The number of hydrogen-bond donors (Lipinski definition) is 2. The van der Waals surface area contributed by atoms with Crippen LogP contribution in [0.1, 0.15) is 18.6 Å². The summed E-state index contributed by atoms with van der Waals surface area (Å²) >= 11 is 0. The highest BCUT2D eigenvalue weighted by Crippen LogP contribution is 2.37. The standard InChI is InChI=1S/C17H20N2O3/c1-10-6-13-7-14(4-5-15(13)22-10)18-17(21)19-8-11-2-3-12(9-19)16(11)20/h4-7,11-12,16,20H,2-3,8-9H2,1H3,(H,18,21)/t11-,12+,16?. The van der Waals surface area contributed by atoms with Crippen molar-refractivity contribution >= 4 is 22.7 Å². The van der Waals surface area contributed by atoms with Gasteiger partial charge in [-0.05, 0) is 44.0 Å². The van der Waals surface area contributed by atoms with E-state index in [4.69, 9.17) is 4.42 Å². The van der Waals surface area contributed by atoms with Crippen LogP contribution in [0.2, 0.25) is 0 Å². The number of carbonyl (C=O) groups is 1. The highest BCUT2D eigenvalue weighted by molar-refractivity contribution is 5.92. The Balaban J connectivity index is 1.49. The molecule has 3 atom stereocenters. The van der Waals surface area contributed by atoms with Crippen LogP contribution >= 0.6 is 0 Å². The third-order valence-corrected chi connectivity index (χ3v) is 4.96. The Morgan fingerprint density at radius 2 is 2.00 bits per heavy atom. The van der Waals surface area contributed by atoms with Gasteiger partial charge in [-0.25, -0.2) is 4.79 Å². The minimum atomic E-state index is -0.227. The number of carbonyl (C=O) groups excluding carboxylic acids is 1. The number of aryl methyl sites for hydroxylation is 1. The zero-order valence-corrected chi connectivity index (χ0v) is 12.6. The van der Waals surface area contributed by atoms with Crippen LogP contribution in [0, 0.1) is 18.8 Å². The number of hydrogen-bond acceptors (Lipinski definition) is 3. The molecular weight excluding hydrogens is 280 g/mol. The van der Waals surface area contributed by atoms with Crippen LogP contribution < -0.4 is 5.32 Å². The average Bonchev–Trinajstić information content (AvgIpc) is 2.92. The summed E-state index contributed by atoms with van der Waals surface area (Å²) in [6.45, 7) is 3.21. The zero-order valence-electron chi connectivity index (χ0n) is 12.6. The lowest BCUT2D eigenvalue weighted by Gasteiger charge is -2.35. The summed E-state index contributed by atoms with van der Waals surface area (Å²) in [7, 11) is 0. The second-order valence-corrected chi connectivity index (χ2v) is 6.53. The van der Waals surface area contributed by atoms with Gasteiger partial charge in [0.05, 0.1) is 6.10 Å². The molecule has 1 saturated heterocycles. The first-order chi connectivity index (χ1) is 10.6. The number of fused-ring (bicyclic) bond motifs is 3. The van der Waals surface area contributed by atoms with Gasteiger partial charge in [0.15, 0.2) is 0 Å². The molecule has 2 fully saturated rings. The van der Waals surface area contributed by atoms with Crippen molar-refractivity contribution in [2.45, 2.75) is 25.9 Å². The molecule has 1 aliphatic heterocycles. The van der Waals surface area contributed by atoms with Gasteiger partial charge in [-0.15, -0.1) is 0 Å². The van der Waals surface area contributed by atoms with Crippen molar-refractivity contribution in [3.63, 3.8) is 0 Å². The highest BCUT2D eigenvalue weighted by atomic mass is 16.3. The molecule has 1 unspecified atom stereocenters. The van der Waals surface area contributed by atoms with E-state index in [0.717, 1.165) is 35.3 Å². The number of urea groups is 1. The molecule has 116 valence electrons. The van der Waals surface area contributed by atoms with E-state index in [1.807, 2.05) is 36.1 Å². The van der Waals surface area contributed by atoms with Crippen LogP contribution in [0.3, 0.4) is 0 Å². The van der Waals surface area contributed by atoms with E-state index in [2.05, 4.69) is 5.32 Å². The predicted octanol–water partition coefficient (Wildman–Crippen LogP) is 2.98. The largest absolute Gasteiger partial charge is 0.461 e. The monoisotopic (exact) mass is 300 g/mol. The molecule has 22 heavy (non-hydrogen) atoms. The van der Waals surface area contributed by atoms with Crippen molar-refractivity contribution in [2.75, 3.05) is 18.4 Å².